The van der Waals surface area contributed by atoms with Crippen molar-refractivity contribution in [2.45, 2.75) is 12.0 Å². The molecule has 0 radical (unpaired) electrons. The van der Waals surface area contributed by atoms with E-state index in [-0.39, 0.29) is 0 Å². The molecule has 0 fully saturated rings. The topological polar surface area (TPSA) is 69.4 Å². The number of nitrogens with two attached hydrogens (primary N) is 1. The molecule has 0 aromatic rings. The van der Waals surface area contributed by atoms with E-state index in [4.69, 9.17) is 5.73 Å². The van der Waals surface area contributed by atoms with Gasteiger partial charge >= 0.3 is 5.97 Å². The van der Waals surface area contributed by atoms with E-state index in [1.807, 2.05) is 6.26 Å². The van der Waals surface area contributed by atoms with Gasteiger partial charge in [-0.2, -0.15) is 11.8 Å². The number of hydrogen-bond acceptors (Lipinski definition) is 5. The lowest BCUT2D eigenvalue weighted by molar-refractivity contribution is -0.140. The summed E-state index contributed by atoms with van der Waals surface area (Å²) >= 11 is 2.94. The van der Waals surface area contributed by atoms with Gasteiger partial charge < -0.3 is 13.6 Å². The Hall–Kier alpha value is 0.180. The number of hydrogen-bond donors (Lipinski definition) is 1. The Labute approximate surface area is 89.3 Å². The minimum Gasteiger partial charge on any atom is -0.393 e. The summed E-state index contributed by atoms with van der Waals surface area (Å²) in [5.41, 5.74) is 4.01. The summed E-state index contributed by atoms with van der Waals surface area (Å²) in [6.07, 6.45) is 2.62. The van der Waals surface area contributed by atoms with Crippen LogP contribution in [-0.4, -0.2) is 29.8 Å². The van der Waals surface area contributed by atoms with Crippen molar-refractivity contribution in [3.8, 4) is 0 Å². The van der Waals surface area contributed by atoms with E-state index in [9.17, 15) is 9.59 Å². The summed E-state index contributed by atoms with van der Waals surface area (Å²) in [6.45, 7) is 0. The molecule has 0 amide bonds. The van der Waals surface area contributed by atoms with Crippen LogP contribution in [0.4, 0.5) is 0 Å². The first-order valence-electron chi connectivity index (χ1n) is 3.18. The third-order valence-corrected chi connectivity index (χ3v) is 2.39. The lowest BCUT2D eigenvalue weighted by atomic mass is 10.0. The largest absolute Gasteiger partial charge is 0.393 e. The van der Waals surface area contributed by atoms with Crippen LogP contribution in [0, 0.1) is 0 Å². The number of halogens is 1. The number of rotatable bonds is 5. The van der Waals surface area contributed by atoms with E-state index in [0.29, 0.717) is 18.5 Å². The summed E-state index contributed by atoms with van der Waals surface area (Å²) < 4.78 is 4.37. The molecule has 0 aliphatic rings. The number of carbonyl (C=O) groups excluding carboxylic acids is 2. The molecule has 4 nitrogen and oxygen atoms in total. The van der Waals surface area contributed by atoms with Crippen LogP contribution >= 0.6 is 34.8 Å². The molecule has 0 aliphatic heterocycles. The molecule has 0 aromatic carbocycles. The van der Waals surface area contributed by atoms with Crippen LogP contribution in [-0.2, 0) is 12.7 Å². The van der Waals surface area contributed by atoms with Gasteiger partial charge in [-0.25, -0.2) is 4.79 Å². The minimum absolute atomic E-state index is 0.305. The molecule has 0 bridgehead atoms. The zero-order valence-electron chi connectivity index (χ0n) is 6.58. The molecule has 0 saturated carbocycles. The van der Waals surface area contributed by atoms with Gasteiger partial charge in [-0.3, -0.25) is 0 Å². The molecule has 2 N–H and O–H groups in total. The highest BCUT2D eigenvalue weighted by Gasteiger charge is 2.34. The van der Waals surface area contributed by atoms with Crippen LogP contribution < -0.4 is 5.73 Å². The Morgan fingerprint density at radius 3 is 2.75 bits per heavy atom. The predicted octanol–water partition coefficient (Wildman–Crippen LogP) is 0.529. The lowest BCUT2D eigenvalue weighted by Crippen LogP contribution is -2.50. The molecular weight excluding hydrogens is 293 g/mol. The molecule has 1 unspecified atom stereocenters. The second-order valence-electron chi connectivity index (χ2n) is 2.27. The van der Waals surface area contributed by atoms with Crippen molar-refractivity contribution in [1.29, 1.82) is 0 Å². The van der Waals surface area contributed by atoms with Gasteiger partial charge in [0.2, 0.25) is 0 Å². The van der Waals surface area contributed by atoms with Crippen molar-refractivity contribution >= 4 is 47.0 Å². The normalized spacial score (nSPS) is 14.9. The fourth-order valence-electron chi connectivity index (χ4n) is 0.552. The molecule has 0 rings (SSSR count). The van der Waals surface area contributed by atoms with Gasteiger partial charge in [0.05, 0.1) is 0 Å². The molecule has 1 atom stereocenters. The summed E-state index contributed by atoms with van der Waals surface area (Å²) in [5.74, 6) is -0.0341. The molecule has 0 aliphatic carbocycles. The molecule has 0 spiro atoms. The summed E-state index contributed by atoms with van der Waals surface area (Å²) in [5, 5.41) is 0. The van der Waals surface area contributed by atoms with Crippen molar-refractivity contribution in [2.75, 3.05) is 12.0 Å². The zero-order valence-corrected chi connectivity index (χ0v) is 9.55. The van der Waals surface area contributed by atoms with Crippen molar-refractivity contribution in [2.24, 2.45) is 5.73 Å². The SMILES string of the molecule is CSCCC(N)(C=O)C(=O)OI. The van der Waals surface area contributed by atoms with Gasteiger partial charge in [0.1, 0.15) is 0 Å². The molecule has 0 heterocycles. The van der Waals surface area contributed by atoms with E-state index < -0.39 is 11.5 Å². The summed E-state index contributed by atoms with van der Waals surface area (Å²) in [4.78, 5) is 21.5. The lowest BCUT2D eigenvalue weighted by Gasteiger charge is -2.17. The fourth-order valence-corrected chi connectivity index (χ4v) is 1.50. The molecule has 0 aromatic heterocycles. The summed E-state index contributed by atoms with van der Waals surface area (Å²) in [7, 11) is 0. The van der Waals surface area contributed by atoms with E-state index in [2.05, 4.69) is 3.07 Å². The molecule has 12 heavy (non-hydrogen) atoms. The highest BCUT2D eigenvalue weighted by Crippen LogP contribution is 2.11. The van der Waals surface area contributed by atoms with Gasteiger partial charge in [-0.15, -0.1) is 0 Å². The average Bonchev–Trinajstić information content (AvgIpc) is 2.12. The van der Waals surface area contributed by atoms with E-state index in [1.54, 1.807) is 0 Å². The van der Waals surface area contributed by atoms with Crippen LogP contribution in [0.25, 0.3) is 0 Å². The standard InChI is InChI=1S/C6H10INO3S/c1-12-3-2-6(8,4-9)5(10)11-7/h4H,2-3,8H2,1H3. The van der Waals surface area contributed by atoms with Crippen LogP contribution in [0.3, 0.4) is 0 Å². The maximum absolute atomic E-state index is 11.0. The first kappa shape index (κ1) is 12.2. The second-order valence-corrected chi connectivity index (χ2v) is 3.69. The quantitative estimate of drug-likeness (QED) is 0.456. The fraction of sp³-hybridized carbons (Fsp3) is 0.667. The maximum atomic E-state index is 11.0. The first-order chi connectivity index (χ1) is 5.60. The minimum atomic E-state index is -1.47. The highest BCUT2D eigenvalue weighted by atomic mass is 127. The van der Waals surface area contributed by atoms with Crippen molar-refractivity contribution in [1.82, 2.24) is 0 Å². The molecule has 0 saturated heterocycles. The number of thioether (sulfide) groups is 1. The van der Waals surface area contributed by atoms with Crippen LogP contribution in [0.5, 0.6) is 0 Å². The number of aldehydes is 1. The Morgan fingerprint density at radius 2 is 2.42 bits per heavy atom. The summed E-state index contributed by atoms with van der Waals surface area (Å²) in [6, 6.07) is 0. The Balaban J connectivity index is 4.23. The number of carbonyl (C=O) groups is 2. The van der Waals surface area contributed by atoms with Gasteiger partial charge in [-0.1, -0.05) is 0 Å². The molecule has 70 valence electrons. The molecule has 6 heteroatoms. The van der Waals surface area contributed by atoms with Crippen LogP contribution in [0.2, 0.25) is 0 Å². The van der Waals surface area contributed by atoms with Gasteiger partial charge in [0, 0.05) is 0 Å². The Morgan fingerprint density at radius 1 is 1.83 bits per heavy atom. The van der Waals surface area contributed by atoms with Gasteiger partial charge in [-0.05, 0) is 18.4 Å². The van der Waals surface area contributed by atoms with Crippen molar-refractivity contribution < 1.29 is 12.7 Å². The predicted molar refractivity (Wildman–Crippen MR) is 56.1 cm³/mol. The van der Waals surface area contributed by atoms with E-state index >= 15 is 0 Å². The first-order valence-corrected chi connectivity index (χ1v) is 5.45. The van der Waals surface area contributed by atoms with Crippen LogP contribution in [0.15, 0.2) is 0 Å². The third kappa shape index (κ3) is 3.28. The van der Waals surface area contributed by atoms with E-state index in [1.165, 1.54) is 34.8 Å². The highest BCUT2D eigenvalue weighted by molar-refractivity contribution is 14.1. The molecular formula is C6H10INO3S. The Kier molecular flexibility index (Phi) is 5.85. The average molecular weight is 303 g/mol. The third-order valence-electron chi connectivity index (χ3n) is 1.38. The van der Waals surface area contributed by atoms with Gasteiger partial charge in [0.15, 0.2) is 34.8 Å². The zero-order chi connectivity index (χ0) is 9.61. The maximum Gasteiger partial charge on any atom is 0.343 e. The Bertz CT molecular complexity index is 178. The van der Waals surface area contributed by atoms with E-state index in [0.717, 1.165) is 0 Å². The van der Waals surface area contributed by atoms with Crippen molar-refractivity contribution in [3.05, 3.63) is 0 Å². The smallest absolute Gasteiger partial charge is 0.343 e. The van der Waals surface area contributed by atoms with Gasteiger partial charge in [0.25, 0.3) is 0 Å². The van der Waals surface area contributed by atoms with Crippen LogP contribution in [0.1, 0.15) is 6.42 Å². The van der Waals surface area contributed by atoms with Crippen molar-refractivity contribution in [3.63, 3.8) is 0 Å². The monoisotopic (exact) mass is 303 g/mol. The second kappa shape index (κ2) is 5.76.